The van der Waals surface area contributed by atoms with E-state index in [1.807, 2.05) is 18.2 Å². The van der Waals surface area contributed by atoms with Crippen molar-refractivity contribution in [1.82, 2.24) is 4.90 Å². The van der Waals surface area contributed by atoms with E-state index >= 15 is 0 Å². The molecule has 1 fully saturated rings. The van der Waals surface area contributed by atoms with Crippen LogP contribution in [0.2, 0.25) is 5.02 Å². The zero-order valence-electron chi connectivity index (χ0n) is 11.5. The van der Waals surface area contributed by atoms with E-state index in [9.17, 15) is 0 Å². The summed E-state index contributed by atoms with van der Waals surface area (Å²) in [6, 6.07) is 8.00. The third kappa shape index (κ3) is 3.83. The summed E-state index contributed by atoms with van der Waals surface area (Å²) in [4.78, 5) is 4.68. The van der Waals surface area contributed by atoms with Crippen molar-refractivity contribution in [2.24, 2.45) is 0 Å². The van der Waals surface area contributed by atoms with E-state index in [1.54, 1.807) is 14.2 Å². The van der Waals surface area contributed by atoms with E-state index in [-0.39, 0.29) is 6.29 Å². The van der Waals surface area contributed by atoms with E-state index in [2.05, 4.69) is 15.9 Å². The van der Waals surface area contributed by atoms with Gasteiger partial charge in [0.2, 0.25) is 0 Å². The first-order chi connectivity index (χ1) is 9.24. The zero-order valence-corrected chi connectivity index (χ0v) is 12.3. The standard InChI is InChI=1S/C14H21ClN2O2/c1-18-14(19-2)11-16-7-9-17(10-8-16)13-6-4-3-5-12(13)15/h3-6,14H,7-11H2,1-2H3. The number of para-hydroxylation sites is 1. The second-order valence-electron chi connectivity index (χ2n) is 4.64. The average molecular weight is 285 g/mol. The van der Waals surface area contributed by atoms with Crippen molar-refractivity contribution >= 4 is 17.3 Å². The number of piperazine rings is 1. The SMILES string of the molecule is COC(CN1CCN(c2ccccc2Cl)CC1)OC. The predicted molar refractivity (Wildman–Crippen MR) is 77.9 cm³/mol. The molecule has 0 bridgehead atoms. The zero-order chi connectivity index (χ0) is 13.7. The van der Waals surface area contributed by atoms with Gasteiger partial charge in [-0.2, -0.15) is 0 Å². The molecule has 1 saturated heterocycles. The normalized spacial score (nSPS) is 17.2. The number of benzene rings is 1. The van der Waals surface area contributed by atoms with Crippen molar-refractivity contribution in [1.29, 1.82) is 0 Å². The molecule has 1 aromatic carbocycles. The van der Waals surface area contributed by atoms with Crippen LogP contribution in [0.15, 0.2) is 24.3 Å². The van der Waals surface area contributed by atoms with Gasteiger partial charge in [-0.3, -0.25) is 4.90 Å². The van der Waals surface area contributed by atoms with Gasteiger partial charge < -0.3 is 14.4 Å². The fourth-order valence-corrected chi connectivity index (χ4v) is 2.59. The van der Waals surface area contributed by atoms with Gasteiger partial charge >= 0.3 is 0 Å². The van der Waals surface area contributed by atoms with E-state index in [1.165, 1.54) is 0 Å². The van der Waals surface area contributed by atoms with Gasteiger partial charge in [0.25, 0.3) is 0 Å². The first-order valence-corrected chi connectivity index (χ1v) is 6.90. The summed E-state index contributed by atoms with van der Waals surface area (Å²) < 4.78 is 10.5. The summed E-state index contributed by atoms with van der Waals surface area (Å²) in [6.07, 6.45) is -0.146. The molecule has 0 aliphatic carbocycles. The van der Waals surface area contributed by atoms with Crippen LogP contribution in [-0.4, -0.2) is 58.1 Å². The van der Waals surface area contributed by atoms with Crippen molar-refractivity contribution in [3.8, 4) is 0 Å². The number of nitrogens with zero attached hydrogens (tertiary/aromatic N) is 2. The first-order valence-electron chi connectivity index (χ1n) is 6.52. The summed E-state index contributed by atoms with van der Waals surface area (Å²) in [6.45, 7) is 4.75. The monoisotopic (exact) mass is 284 g/mol. The Hall–Kier alpha value is -0.810. The van der Waals surface area contributed by atoms with Crippen LogP contribution in [0, 0.1) is 0 Å². The van der Waals surface area contributed by atoms with Crippen LogP contribution >= 0.6 is 11.6 Å². The van der Waals surface area contributed by atoms with Crippen molar-refractivity contribution in [2.75, 3.05) is 51.8 Å². The van der Waals surface area contributed by atoms with Gasteiger partial charge in [0, 0.05) is 46.9 Å². The van der Waals surface area contributed by atoms with Gasteiger partial charge in [0.15, 0.2) is 6.29 Å². The quantitative estimate of drug-likeness (QED) is 0.773. The number of rotatable bonds is 5. The van der Waals surface area contributed by atoms with E-state index in [4.69, 9.17) is 21.1 Å². The highest BCUT2D eigenvalue weighted by molar-refractivity contribution is 6.33. The Kier molecular flexibility index (Phi) is 5.45. The molecule has 0 atom stereocenters. The summed E-state index contributed by atoms with van der Waals surface area (Å²) in [7, 11) is 3.35. The molecule has 1 aliphatic heterocycles. The first kappa shape index (κ1) is 14.6. The van der Waals surface area contributed by atoms with Crippen LogP contribution in [-0.2, 0) is 9.47 Å². The van der Waals surface area contributed by atoms with E-state index in [0.29, 0.717) is 0 Å². The smallest absolute Gasteiger partial charge is 0.169 e. The maximum absolute atomic E-state index is 6.23. The molecule has 106 valence electrons. The van der Waals surface area contributed by atoms with Crippen LogP contribution < -0.4 is 4.90 Å². The minimum Gasteiger partial charge on any atom is -0.368 e. The highest BCUT2D eigenvalue weighted by Crippen LogP contribution is 2.25. The summed E-state index contributed by atoms with van der Waals surface area (Å²) in [5, 5.41) is 0.822. The van der Waals surface area contributed by atoms with Gasteiger partial charge in [-0.25, -0.2) is 0 Å². The summed E-state index contributed by atoms with van der Waals surface area (Å²) in [5.41, 5.74) is 1.12. The lowest BCUT2D eigenvalue weighted by Crippen LogP contribution is -2.49. The van der Waals surface area contributed by atoms with Crippen molar-refractivity contribution in [3.63, 3.8) is 0 Å². The highest BCUT2D eigenvalue weighted by Gasteiger charge is 2.20. The molecule has 0 N–H and O–H groups in total. The highest BCUT2D eigenvalue weighted by atomic mass is 35.5. The number of ether oxygens (including phenoxy) is 2. The molecule has 4 nitrogen and oxygen atoms in total. The molecule has 1 heterocycles. The van der Waals surface area contributed by atoms with E-state index in [0.717, 1.165) is 43.4 Å². The molecule has 0 amide bonds. The lowest BCUT2D eigenvalue weighted by Gasteiger charge is -2.37. The number of halogens is 1. The molecule has 0 aromatic heterocycles. The third-order valence-corrected chi connectivity index (χ3v) is 3.82. The summed E-state index contributed by atoms with van der Waals surface area (Å²) >= 11 is 6.23. The Morgan fingerprint density at radius 1 is 1.11 bits per heavy atom. The Balaban J connectivity index is 1.87. The number of hydrogen-bond donors (Lipinski definition) is 0. The second kappa shape index (κ2) is 7.10. The van der Waals surface area contributed by atoms with Gasteiger partial charge in [-0.05, 0) is 12.1 Å². The number of hydrogen-bond acceptors (Lipinski definition) is 4. The number of methoxy groups -OCH3 is 2. The van der Waals surface area contributed by atoms with Gasteiger partial charge in [-0.1, -0.05) is 23.7 Å². The maximum atomic E-state index is 6.23. The molecule has 0 radical (unpaired) electrons. The lowest BCUT2D eigenvalue weighted by molar-refractivity contribution is -0.116. The fraction of sp³-hybridized carbons (Fsp3) is 0.571. The maximum Gasteiger partial charge on any atom is 0.169 e. The van der Waals surface area contributed by atoms with Gasteiger partial charge in [-0.15, -0.1) is 0 Å². The molecule has 0 unspecified atom stereocenters. The minimum atomic E-state index is -0.146. The van der Waals surface area contributed by atoms with Gasteiger partial charge in [0.1, 0.15) is 0 Å². The Bertz CT molecular complexity index is 391. The molecular formula is C14H21ClN2O2. The third-order valence-electron chi connectivity index (χ3n) is 3.50. The Morgan fingerprint density at radius 3 is 2.32 bits per heavy atom. The van der Waals surface area contributed by atoms with Crippen molar-refractivity contribution < 1.29 is 9.47 Å². The molecule has 5 heteroatoms. The van der Waals surface area contributed by atoms with Crippen LogP contribution in [0.1, 0.15) is 0 Å². The molecule has 1 aromatic rings. The van der Waals surface area contributed by atoms with E-state index < -0.39 is 0 Å². The average Bonchev–Trinajstić information content (AvgIpc) is 2.46. The van der Waals surface area contributed by atoms with Crippen LogP contribution in [0.5, 0.6) is 0 Å². The molecule has 1 aliphatic rings. The Labute approximate surface area is 119 Å². The molecule has 0 saturated carbocycles. The van der Waals surface area contributed by atoms with Crippen LogP contribution in [0.3, 0.4) is 0 Å². The topological polar surface area (TPSA) is 24.9 Å². The number of anilines is 1. The fourth-order valence-electron chi connectivity index (χ4n) is 2.34. The van der Waals surface area contributed by atoms with Crippen LogP contribution in [0.25, 0.3) is 0 Å². The van der Waals surface area contributed by atoms with Crippen molar-refractivity contribution in [2.45, 2.75) is 6.29 Å². The van der Waals surface area contributed by atoms with Crippen LogP contribution in [0.4, 0.5) is 5.69 Å². The molecule has 0 spiro atoms. The predicted octanol–water partition coefficient (Wildman–Crippen LogP) is 2.08. The lowest BCUT2D eigenvalue weighted by atomic mass is 10.2. The van der Waals surface area contributed by atoms with Crippen molar-refractivity contribution in [3.05, 3.63) is 29.3 Å². The van der Waals surface area contributed by atoms with Gasteiger partial charge in [0.05, 0.1) is 10.7 Å². The second-order valence-corrected chi connectivity index (χ2v) is 5.05. The Morgan fingerprint density at radius 2 is 1.74 bits per heavy atom. The molecule has 19 heavy (non-hydrogen) atoms. The molecular weight excluding hydrogens is 264 g/mol. The molecule has 2 rings (SSSR count). The minimum absolute atomic E-state index is 0.146. The summed E-state index contributed by atoms with van der Waals surface area (Å²) in [5.74, 6) is 0. The largest absolute Gasteiger partial charge is 0.368 e.